The molecule has 1 unspecified atom stereocenters. The summed E-state index contributed by atoms with van der Waals surface area (Å²) in [6.45, 7) is 3.77. The van der Waals surface area contributed by atoms with Crippen molar-refractivity contribution < 1.29 is 23.8 Å². The van der Waals surface area contributed by atoms with Crippen LogP contribution in [0.5, 0.6) is 0 Å². The van der Waals surface area contributed by atoms with Crippen LogP contribution in [-0.4, -0.2) is 38.9 Å². The van der Waals surface area contributed by atoms with Crippen LogP contribution < -0.4 is 5.32 Å². The second-order valence-corrected chi connectivity index (χ2v) is 7.48. The number of thiophene rings is 1. The number of allylic oxidation sites excluding steroid dienone is 2. The molecule has 0 saturated heterocycles. The average molecular weight is 425 g/mol. The van der Waals surface area contributed by atoms with Crippen LogP contribution in [0.4, 0.5) is 0 Å². The molecule has 1 N–H and O–H groups in total. The van der Waals surface area contributed by atoms with Gasteiger partial charge in [0.15, 0.2) is 0 Å². The summed E-state index contributed by atoms with van der Waals surface area (Å²) < 4.78 is 15.9. The predicted octanol–water partition coefficient (Wildman–Crippen LogP) is 3.28. The molecule has 1 atom stereocenters. The Morgan fingerprint density at radius 3 is 2.29 bits per heavy atom. The number of carbonyl (C=O) groups is 2. The van der Waals surface area contributed by atoms with Crippen LogP contribution in [0.25, 0.3) is 0 Å². The zero-order valence-electron chi connectivity index (χ0n) is 15.8. The summed E-state index contributed by atoms with van der Waals surface area (Å²) in [5.41, 5.74) is 2.30. The van der Waals surface area contributed by atoms with Crippen molar-refractivity contribution in [1.82, 2.24) is 5.32 Å². The number of hydrogen-bond acceptors (Lipinski definition) is 8. The molecule has 1 aliphatic rings. The number of esters is 2. The quantitative estimate of drug-likeness (QED) is 0.505. The van der Waals surface area contributed by atoms with Gasteiger partial charge < -0.3 is 19.5 Å². The summed E-state index contributed by atoms with van der Waals surface area (Å²) >= 11 is 7.65. The van der Waals surface area contributed by atoms with Crippen molar-refractivity contribution in [2.45, 2.75) is 26.2 Å². The van der Waals surface area contributed by atoms with Crippen LogP contribution in [0.2, 0.25) is 4.34 Å². The smallest absolute Gasteiger partial charge is 0.336 e. The SMILES string of the molecule is COCCOC(=O)C1=C(C)NC(C)=C(C(=O)OCCC#N)C1c1ccsc1Cl. The number of nitriles is 1. The molecule has 0 radical (unpaired) electrons. The van der Waals surface area contributed by atoms with Gasteiger partial charge >= 0.3 is 11.9 Å². The predicted molar refractivity (Wildman–Crippen MR) is 105 cm³/mol. The van der Waals surface area contributed by atoms with Gasteiger partial charge in [-0.1, -0.05) is 11.6 Å². The molecule has 0 aromatic carbocycles. The van der Waals surface area contributed by atoms with E-state index in [1.165, 1.54) is 18.4 Å². The molecule has 0 spiro atoms. The van der Waals surface area contributed by atoms with Crippen LogP contribution in [0, 0.1) is 11.3 Å². The van der Waals surface area contributed by atoms with Gasteiger partial charge in [-0.25, -0.2) is 9.59 Å². The van der Waals surface area contributed by atoms with Crippen LogP contribution in [0.3, 0.4) is 0 Å². The first-order chi connectivity index (χ1) is 13.4. The Bertz CT molecular complexity index is 853. The monoisotopic (exact) mass is 424 g/mol. The number of rotatable bonds is 8. The van der Waals surface area contributed by atoms with Gasteiger partial charge in [-0.3, -0.25) is 0 Å². The van der Waals surface area contributed by atoms with E-state index in [1.54, 1.807) is 25.3 Å². The van der Waals surface area contributed by atoms with Gasteiger partial charge in [0.2, 0.25) is 0 Å². The van der Waals surface area contributed by atoms with Crippen LogP contribution in [-0.2, 0) is 23.8 Å². The van der Waals surface area contributed by atoms with E-state index >= 15 is 0 Å². The molecule has 7 nitrogen and oxygen atoms in total. The summed E-state index contributed by atoms with van der Waals surface area (Å²) in [6, 6.07) is 3.70. The van der Waals surface area contributed by atoms with Crippen molar-refractivity contribution in [1.29, 1.82) is 5.26 Å². The van der Waals surface area contributed by atoms with E-state index in [1.807, 2.05) is 6.07 Å². The molecule has 0 bridgehead atoms. The Hall–Kier alpha value is -2.34. The number of hydrogen-bond donors (Lipinski definition) is 1. The molecule has 1 aliphatic heterocycles. The Labute approximate surface area is 172 Å². The normalized spacial score (nSPS) is 16.5. The fraction of sp³-hybridized carbons (Fsp3) is 0.421. The second kappa shape index (κ2) is 10.3. The lowest BCUT2D eigenvalue weighted by molar-refractivity contribution is -0.141. The maximum Gasteiger partial charge on any atom is 0.336 e. The lowest BCUT2D eigenvalue weighted by Crippen LogP contribution is -2.32. The Balaban J connectivity index is 2.45. The summed E-state index contributed by atoms with van der Waals surface area (Å²) in [5, 5.41) is 13.5. The van der Waals surface area contributed by atoms with E-state index in [0.717, 1.165) is 0 Å². The first-order valence-corrected chi connectivity index (χ1v) is 9.79. The first-order valence-electron chi connectivity index (χ1n) is 8.53. The molecule has 0 amide bonds. The molecular weight excluding hydrogens is 404 g/mol. The lowest BCUT2D eigenvalue weighted by atomic mass is 9.81. The van der Waals surface area contributed by atoms with Crippen molar-refractivity contribution >= 4 is 34.9 Å². The van der Waals surface area contributed by atoms with Crippen LogP contribution in [0.1, 0.15) is 31.7 Å². The molecule has 1 aromatic rings. The first kappa shape index (κ1) is 22.0. The minimum absolute atomic E-state index is 0.0352. The number of carbonyl (C=O) groups excluding carboxylic acids is 2. The van der Waals surface area contributed by atoms with Crippen molar-refractivity contribution in [2.24, 2.45) is 0 Å². The summed E-state index contributed by atoms with van der Waals surface area (Å²) in [7, 11) is 1.51. The number of halogens is 1. The Morgan fingerprint density at radius 2 is 1.79 bits per heavy atom. The van der Waals surface area contributed by atoms with E-state index in [0.29, 0.717) is 21.3 Å². The van der Waals surface area contributed by atoms with E-state index in [2.05, 4.69) is 5.32 Å². The largest absolute Gasteiger partial charge is 0.461 e. The molecule has 0 aliphatic carbocycles. The van der Waals surface area contributed by atoms with Crippen LogP contribution >= 0.6 is 22.9 Å². The molecule has 150 valence electrons. The molecule has 2 rings (SSSR count). The fourth-order valence-corrected chi connectivity index (χ4v) is 3.90. The van der Waals surface area contributed by atoms with Crippen molar-refractivity contribution in [3.63, 3.8) is 0 Å². The average Bonchev–Trinajstić information content (AvgIpc) is 3.06. The summed E-state index contributed by atoms with van der Waals surface area (Å²) in [5.74, 6) is -1.91. The molecule has 9 heteroatoms. The molecule has 2 heterocycles. The van der Waals surface area contributed by atoms with Crippen molar-refractivity contribution in [2.75, 3.05) is 26.9 Å². The third-order valence-electron chi connectivity index (χ3n) is 4.12. The highest BCUT2D eigenvalue weighted by Crippen LogP contribution is 2.43. The number of nitrogens with one attached hydrogen (secondary N) is 1. The highest BCUT2D eigenvalue weighted by atomic mass is 35.5. The Morgan fingerprint density at radius 1 is 1.18 bits per heavy atom. The highest BCUT2D eigenvalue weighted by Gasteiger charge is 2.39. The fourth-order valence-electron chi connectivity index (χ4n) is 2.92. The van der Waals surface area contributed by atoms with E-state index in [-0.39, 0.29) is 37.4 Å². The third-order valence-corrected chi connectivity index (χ3v) is 5.33. The number of dihydropyridines is 1. The van der Waals surface area contributed by atoms with Crippen molar-refractivity contribution in [3.05, 3.63) is 43.9 Å². The number of nitrogens with zero attached hydrogens (tertiary/aromatic N) is 1. The number of ether oxygens (including phenoxy) is 3. The molecule has 1 aromatic heterocycles. The molecule has 0 saturated carbocycles. The molecular formula is C19H21ClN2O5S. The van der Waals surface area contributed by atoms with Gasteiger partial charge in [-0.15, -0.1) is 11.3 Å². The van der Waals surface area contributed by atoms with Gasteiger partial charge in [-0.2, -0.15) is 5.26 Å². The maximum absolute atomic E-state index is 12.8. The second-order valence-electron chi connectivity index (χ2n) is 5.96. The van der Waals surface area contributed by atoms with Crippen molar-refractivity contribution in [3.8, 4) is 6.07 Å². The molecule has 28 heavy (non-hydrogen) atoms. The summed E-state index contributed by atoms with van der Waals surface area (Å²) in [6.07, 6.45) is 0.0795. The Kier molecular flexibility index (Phi) is 8.05. The minimum Gasteiger partial charge on any atom is -0.461 e. The minimum atomic E-state index is -0.732. The third kappa shape index (κ3) is 4.93. The topological polar surface area (TPSA) is 97.7 Å². The van der Waals surface area contributed by atoms with E-state index < -0.39 is 17.9 Å². The van der Waals surface area contributed by atoms with Gasteiger partial charge in [0, 0.05) is 18.5 Å². The number of methoxy groups -OCH3 is 1. The van der Waals surface area contributed by atoms with E-state index in [4.69, 9.17) is 31.1 Å². The molecule has 0 fully saturated rings. The van der Waals surface area contributed by atoms with Gasteiger partial charge in [0.1, 0.15) is 13.2 Å². The summed E-state index contributed by atoms with van der Waals surface area (Å²) in [4.78, 5) is 25.6. The zero-order chi connectivity index (χ0) is 20.7. The zero-order valence-corrected chi connectivity index (χ0v) is 17.4. The van der Waals surface area contributed by atoms with Gasteiger partial charge in [0.25, 0.3) is 0 Å². The van der Waals surface area contributed by atoms with Gasteiger partial charge in [0.05, 0.1) is 40.5 Å². The maximum atomic E-state index is 12.8. The lowest BCUT2D eigenvalue weighted by Gasteiger charge is -2.30. The highest BCUT2D eigenvalue weighted by molar-refractivity contribution is 7.14. The van der Waals surface area contributed by atoms with Gasteiger partial charge in [-0.05, 0) is 30.9 Å². The van der Waals surface area contributed by atoms with E-state index in [9.17, 15) is 9.59 Å². The van der Waals surface area contributed by atoms with Crippen LogP contribution in [0.15, 0.2) is 34.0 Å². The standard InChI is InChI=1S/C19H21ClN2O5S/c1-11-14(18(23)26-7-4-6-21)16(13-5-10-28-17(13)20)15(12(2)22-11)19(24)27-9-8-25-3/h5,10,16,22H,4,7-9H2,1-3H3.